The number of pyridine rings is 1. The Hall–Kier alpha value is -2.76. The van der Waals surface area contributed by atoms with Crippen LogP contribution in [0, 0.1) is 0 Å². The predicted octanol–water partition coefficient (Wildman–Crippen LogP) is 2.72. The highest BCUT2D eigenvalue weighted by atomic mass is 16.5. The highest BCUT2D eigenvalue weighted by Gasteiger charge is 2.07. The molecular formula is C18H24N4O2. The number of nitrogens with zero attached hydrogens (tertiary/aromatic N) is 2. The van der Waals surface area contributed by atoms with Gasteiger partial charge in [0.15, 0.2) is 17.5 Å². The number of hydrogen-bond acceptors (Lipinski definition) is 4. The van der Waals surface area contributed by atoms with Gasteiger partial charge in [0.05, 0.1) is 13.7 Å². The first-order valence-corrected chi connectivity index (χ1v) is 7.95. The Morgan fingerprint density at radius 2 is 2.08 bits per heavy atom. The van der Waals surface area contributed by atoms with Crippen LogP contribution in [0.3, 0.4) is 0 Å². The van der Waals surface area contributed by atoms with E-state index in [0.29, 0.717) is 24.1 Å². The molecule has 1 aromatic heterocycles. The van der Waals surface area contributed by atoms with E-state index in [1.807, 2.05) is 43.3 Å². The summed E-state index contributed by atoms with van der Waals surface area (Å²) < 4.78 is 10.9. The molecule has 24 heavy (non-hydrogen) atoms. The standard InChI is InChI=1S/C18H24N4O2/c1-4-24-17-13-15(8-9-16(17)23-3)22-18(19-2)21-12-10-14-7-5-6-11-20-14/h5-9,11,13H,4,10,12H2,1-3H3,(H2,19,21,22). The summed E-state index contributed by atoms with van der Waals surface area (Å²) in [5, 5.41) is 6.52. The van der Waals surface area contributed by atoms with Gasteiger partial charge in [-0.05, 0) is 31.2 Å². The van der Waals surface area contributed by atoms with Gasteiger partial charge in [0.2, 0.25) is 0 Å². The van der Waals surface area contributed by atoms with E-state index in [-0.39, 0.29) is 0 Å². The molecule has 0 aliphatic rings. The third-order valence-electron chi connectivity index (χ3n) is 3.35. The van der Waals surface area contributed by atoms with E-state index >= 15 is 0 Å². The van der Waals surface area contributed by atoms with Gasteiger partial charge in [-0.3, -0.25) is 9.98 Å². The molecule has 0 unspecified atom stereocenters. The van der Waals surface area contributed by atoms with Crippen molar-refractivity contribution in [3.63, 3.8) is 0 Å². The lowest BCUT2D eigenvalue weighted by Crippen LogP contribution is -2.32. The molecule has 2 rings (SSSR count). The number of aromatic nitrogens is 1. The van der Waals surface area contributed by atoms with Crippen LogP contribution in [0.5, 0.6) is 11.5 Å². The van der Waals surface area contributed by atoms with Crippen LogP contribution in [-0.2, 0) is 6.42 Å². The Labute approximate surface area is 142 Å². The molecule has 0 amide bonds. The lowest BCUT2D eigenvalue weighted by Gasteiger charge is -2.14. The number of rotatable bonds is 7. The van der Waals surface area contributed by atoms with E-state index < -0.39 is 0 Å². The third-order valence-corrected chi connectivity index (χ3v) is 3.35. The minimum absolute atomic E-state index is 0.580. The summed E-state index contributed by atoms with van der Waals surface area (Å²) in [6, 6.07) is 11.6. The zero-order chi connectivity index (χ0) is 17.2. The van der Waals surface area contributed by atoms with Crippen LogP contribution >= 0.6 is 0 Å². The highest BCUT2D eigenvalue weighted by molar-refractivity contribution is 5.93. The van der Waals surface area contributed by atoms with Crippen molar-refractivity contribution in [3.05, 3.63) is 48.3 Å². The first-order chi connectivity index (χ1) is 11.8. The van der Waals surface area contributed by atoms with Crippen LogP contribution in [0.2, 0.25) is 0 Å². The van der Waals surface area contributed by atoms with Gasteiger partial charge in [-0.15, -0.1) is 0 Å². The molecule has 1 heterocycles. The van der Waals surface area contributed by atoms with Crippen molar-refractivity contribution in [3.8, 4) is 11.5 Å². The number of ether oxygens (including phenoxy) is 2. The van der Waals surface area contributed by atoms with Gasteiger partial charge in [0.25, 0.3) is 0 Å². The second kappa shape index (κ2) is 9.39. The van der Waals surface area contributed by atoms with Gasteiger partial charge in [0, 0.05) is 43.7 Å². The molecule has 1 aromatic carbocycles. The maximum absolute atomic E-state index is 5.59. The molecule has 0 bridgehead atoms. The molecule has 6 heteroatoms. The zero-order valence-electron chi connectivity index (χ0n) is 14.4. The van der Waals surface area contributed by atoms with Crippen LogP contribution < -0.4 is 20.1 Å². The van der Waals surface area contributed by atoms with Crippen molar-refractivity contribution in [2.75, 3.05) is 32.6 Å². The summed E-state index contributed by atoms with van der Waals surface area (Å²) in [4.78, 5) is 8.54. The average Bonchev–Trinajstić information content (AvgIpc) is 2.62. The second-order valence-electron chi connectivity index (χ2n) is 4.99. The van der Waals surface area contributed by atoms with Gasteiger partial charge in [-0.1, -0.05) is 6.07 Å². The summed E-state index contributed by atoms with van der Waals surface area (Å²) in [5.74, 6) is 2.10. The van der Waals surface area contributed by atoms with Crippen molar-refractivity contribution in [1.29, 1.82) is 0 Å². The molecule has 0 atom stereocenters. The molecule has 0 radical (unpaired) electrons. The highest BCUT2D eigenvalue weighted by Crippen LogP contribution is 2.30. The lowest BCUT2D eigenvalue weighted by atomic mass is 10.2. The molecule has 0 saturated heterocycles. The molecule has 2 aromatic rings. The number of anilines is 1. The van der Waals surface area contributed by atoms with Crippen LogP contribution in [-0.4, -0.2) is 38.3 Å². The molecule has 0 saturated carbocycles. The smallest absolute Gasteiger partial charge is 0.195 e. The number of benzene rings is 1. The van der Waals surface area contributed by atoms with Crippen molar-refractivity contribution in [1.82, 2.24) is 10.3 Å². The minimum Gasteiger partial charge on any atom is -0.493 e. The van der Waals surface area contributed by atoms with Crippen molar-refractivity contribution in [2.45, 2.75) is 13.3 Å². The van der Waals surface area contributed by atoms with Crippen LogP contribution in [0.1, 0.15) is 12.6 Å². The maximum atomic E-state index is 5.59. The van der Waals surface area contributed by atoms with E-state index in [0.717, 1.165) is 24.3 Å². The van der Waals surface area contributed by atoms with E-state index in [9.17, 15) is 0 Å². The number of nitrogens with one attached hydrogen (secondary N) is 2. The number of guanidine groups is 1. The molecule has 128 valence electrons. The van der Waals surface area contributed by atoms with E-state index in [4.69, 9.17) is 9.47 Å². The van der Waals surface area contributed by atoms with E-state index in [1.54, 1.807) is 20.4 Å². The third kappa shape index (κ3) is 5.15. The number of aliphatic imine (C=N–C) groups is 1. The fourth-order valence-electron chi connectivity index (χ4n) is 2.19. The predicted molar refractivity (Wildman–Crippen MR) is 97.1 cm³/mol. The molecular weight excluding hydrogens is 304 g/mol. The van der Waals surface area contributed by atoms with E-state index in [2.05, 4.69) is 20.6 Å². The summed E-state index contributed by atoms with van der Waals surface area (Å²) in [6.07, 6.45) is 2.63. The Morgan fingerprint density at radius 3 is 2.75 bits per heavy atom. The molecule has 0 aliphatic carbocycles. The Kier molecular flexibility index (Phi) is 6.89. The average molecular weight is 328 g/mol. The summed E-state index contributed by atoms with van der Waals surface area (Å²) in [6.45, 7) is 3.26. The Morgan fingerprint density at radius 1 is 1.21 bits per heavy atom. The zero-order valence-corrected chi connectivity index (χ0v) is 14.4. The maximum Gasteiger partial charge on any atom is 0.195 e. The first-order valence-electron chi connectivity index (χ1n) is 7.95. The van der Waals surface area contributed by atoms with Gasteiger partial charge >= 0.3 is 0 Å². The number of methoxy groups -OCH3 is 1. The summed E-state index contributed by atoms with van der Waals surface area (Å²) in [5.41, 5.74) is 1.92. The minimum atomic E-state index is 0.580. The van der Waals surface area contributed by atoms with Crippen LogP contribution in [0.15, 0.2) is 47.6 Å². The Bertz CT molecular complexity index is 659. The topological polar surface area (TPSA) is 67.8 Å². The summed E-state index contributed by atoms with van der Waals surface area (Å²) in [7, 11) is 3.37. The van der Waals surface area contributed by atoms with Crippen molar-refractivity contribution in [2.24, 2.45) is 4.99 Å². The molecule has 0 spiro atoms. The molecule has 2 N–H and O–H groups in total. The largest absolute Gasteiger partial charge is 0.493 e. The van der Waals surface area contributed by atoms with Crippen LogP contribution in [0.25, 0.3) is 0 Å². The molecule has 0 fully saturated rings. The quantitative estimate of drug-likeness (QED) is 0.604. The van der Waals surface area contributed by atoms with Gasteiger partial charge in [-0.25, -0.2) is 0 Å². The van der Waals surface area contributed by atoms with Crippen molar-refractivity contribution < 1.29 is 9.47 Å². The monoisotopic (exact) mass is 328 g/mol. The SMILES string of the molecule is CCOc1cc(NC(=NC)NCCc2ccccn2)ccc1OC. The summed E-state index contributed by atoms with van der Waals surface area (Å²) >= 11 is 0. The van der Waals surface area contributed by atoms with E-state index in [1.165, 1.54) is 0 Å². The fourth-order valence-corrected chi connectivity index (χ4v) is 2.19. The van der Waals surface area contributed by atoms with Gasteiger partial charge in [0.1, 0.15) is 0 Å². The van der Waals surface area contributed by atoms with Gasteiger partial charge < -0.3 is 20.1 Å². The number of hydrogen-bond donors (Lipinski definition) is 2. The van der Waals surface area contributed by atoms with Crippen molar-refractivity contribution >= 4 is 11.6 Å². The van der Waals surface area contributed by atoms with Crippen LogP contribution in [0.4, 0.5) is 5.69 Å². The molecule has 0 aliphatic heterocycles. The molecule has 6 nitrogen and oxygen atoms in total. The Balaban J connectivity index is 1.93. The normalized spacial score (nSPS) is 11.0. The first kappa shape index (κ1) is 17.6. The lowest BCUT2D eigenvalue weighted by molar-refractivity contribution is 0.311. The van der Waals surface area contributed by atoms with Gasteiger partial charge in [-0.2, -0.15) is 0 Å². The second-order valence-corrected chi connectivity index (χ2v) is 4.99. The fraction of sp³-hybridized carbons (Fsp3) is 0.333.